The van der Waals surface area contributed by atoms with Gasteiger partial charge in [-0.3, -0.25) is 0 Å². The third-order valence-corrected chi connectivity index (χ3v) is 2.00. The quantitative estimate of drug-likeness (QED) is 0.477. The molecule has 0 aliphatic carbocycles. The molecule has 0 fully saturated rings. The van der Waals surface area contributed by atoms with E-state index in [9.17, 15) is 5.11 Å². The van der Waals surface area contributed by atoms with Gasteiger partial charge in [0.25, 0.3) is 0 Å². The van der Waals surface area contributed by atoms with E-state index in [4.69, 9.17) is 0 Å². The molecule has 0 saturated carbocycles. The van der Waals surface area contributed by atoms with E-state index in [1.54, 1.807) is 0 Å². The van der Waals surface area contributed by atoms with Crippen LogP contribution in [0.5, 0.6) is 0 Å². The molecule has 0 rings (SSSR count). The first kappa shape index (κ1) is 11.4. The second-order valence-electron chi connectivity index (χ2n) is 2.92. The van der Waals surface area contributed by atoms with Gasteiger partial charge in [0.1, 0.15) is 0 Å². The van der Waals surface area contributed by atoms with Gasteiger partial charge in [-0.15, -0.1) is 6.58 Å². The Hall–Kier alpha value is -0.560. The van der Waals surface area contributed by atoms with Gasteiger partial charge in [-0.1, -0.05) is 26.0 Å². The highest BCUT2D eigenvalue weighted by Crippen LogP contribution is 2.11. The summed E-state index contributed by atoms with van der Waals surface area (Å²) in [6.45, 7) is 7.74. The molecule has 0 aromatic rings. The van der Waals surface area contributed by atoms with E-state index in [0.717, 1.165) is 25.7 Å². The highest BCUT2D eigenvalue weighted by atomic mass is 16.3. The predicted molar refractivity (Wildman–Crippen MR) is 54.1 cm³/mol. The molecule has 0 radical (unpaired) electrons. The third kappa shape index (κ3) is 4.35. The molecule has 12 heavy (non-hydrogen) atoms. The number of hydrogen-bond acceptors (Lipinski definition) is 1. The first-order valence-electron chi connectivity index (χ1n) is 4.74. The van der Waals surface area contributed by atoms with Crippen molar-refractivity contribution in [3.63, 3.8) is 0 Å². The maximum absolute atomic E-state index is 9.52. The Morgan fingerprint density at radius 1 is 1.42 bits per heavy atom. The Balaban J connectivity index is 3.93. The topological polar surface area (TPSA) is 20.2 Å². The van der Waals surface area contributed by atoms with Crippen molar-refractivity contribution < 1.29 is 5.11 Å². The van der Waals surface area contributed by atoms with Crippen LogP contribution in [0.1, 0.15) is 39.5 Å². The predicted octanol–water partition coefficient (Wildman–Crippen LogP) is 3.06. The van der Waals surface area contributed by atoms with Gasteiger partial charge in [-0.05, 0) is 31.3 Å². The molecule has 1 nitrogen and oxygen atoms in total. The maximum atomic E-state index is 9.52. The van der Waals surface area contributed by atoms with E-state index in [-0.39, 0.29) is 6.10 Å². The number of allylic oxidation sites excluding steroid dienone is 2. The van der Waals surface area contributed by atoms with Gasteiger partial charge in [0.05, 0.1) is 6.10 Å². The van der Waals surface area contributed by atoms with Crippen LogP contribution in [0.25, 0.3) is 0 Å². The smallest absolute Gasteiger partial charge is 0.0747 e. The largest absolute Gasteiger partial charge is 0.389 e. The van der Waals surface area contributed by atoms with Gasteiger partial charge in [-0.25, -0.2) is 0 Å². The second-order valence-corrected chi connectivity index (χ2v) is 2.92. The highest BCUT2D eigenvalue weighted by Gasteiger charge is 2.04. The molecule has 1 heteroatoms. The van der Waals surface area contributed by atoms with E-state index in [0.29, 0.717) is 0 Å². The molecule has 1 N–H and O–H groups in total. The first-order chi connectivity index (χ1) is 5.76. The molecule has 0 amide bonds. The third-order valence-electron chi connectivity index (χ3n) is 2.00. The summed E-state index contributed by atoms with van der Waals surface area (Å²) in [7, 11) is 0. The van der Waals surface area contributed by atoms with Crippen LogP contribution in [-0.2, 0) is 0 Å². The molecular weight excluding hydrogens is 148 g/mol. The summed E-state index contributed by atoms with van der Waals surface area (Å²) >= 11 is 0. The minimum Gasteiger partial charge on any atom is -0.389 e. The van der Waals surface area contributed by atoms with Gasteiger partial charge in [-0.2, -0.15) is 0 Å². The summed E-state index contributed by atoms with van der Waals surface area (Å²) in [5.74, 6) is 0. The Morgan fingerprint density at radius 3 is 2.50 bits per heavy atom. The molecule has 0 saturated heterocycles. The van der Waals surface area contributed by atoms with E-state index in [1.807, 2.05) is 13.0 Å². The normalized spacial score (nSPS) is 14.4. The first-order valence-corrected chi connectivity index (χ1v) is 4.74. The van der Waals surface area contributed by atoms with Crippen molar-refractivity contribution in [3.05, 3.63) is 24.3 Å². The van der Waals surface area contributed by atoms with Crippen molar-refractivity contribution >= 4 is 0 Å². The zero-order valence-electron chi connectivity index (χ0n) is 8.21. The maximum Gasteiger partial charge on any atom is 0.0747 e. The Kier molecular flexibility index (Phi) is 6.78. The molecule has 0 bridgehead atoms. The van der Waals surface area contributed by atoms with Crippen LogP contribution >= 0.6 is 0 Å². The number of hydrogen-bond donors (Lipinski definition) is 1. The van der Waals surface area contributed by atoms with Crippen molar-refractivity contribution in [1.29, 1.82) is 0 Å². The average Bonchev–Trinajstić information content (AvgIpc) is 2.11. The molecule has 1 unspecified atom stereocenters. The molecule has 0 aromatic heterocycles. The number of rotatable bonds is 6. The molecule has 0 aliphatic rings. The van der Waals surface area contributed by atoms with E-state index in [2.05, 4.69) is 19.6 Å². The minimum atomic E-state index is -0.236. The van der Waals surface area contributed by atoms with Crippen LogP contribution in [0, 0.1) is 0 Å². The fourth-order valence-corrected chi connectivity index (χ4v) is 1.16. The van der Waals surface area contributed by atoms with Crippen LogP contribution in [-0.4, -0.2) is 11.2 Å². The standard InChI is InChI=1S/C11H20O/c1-4-7-8-9-10(5-2)11(12)6-3/h4,9,11-12H,1,5-8H2,2-3H3. The van der Waals surface area contributed by atoms with Crippen molar-refractivity contribution in [2.45, 2.75) is 45.6 Å². The van der Waals surface area contributed by atoms with E-state index >= 15 is 0 Å². The fraction of sp³-hybridized carbons (Fsp3) is 0.636. The number of aliphatic hydroxyl groups is 1. The lowest BCUT2D eigenvalue weighted by Crippen LogP contribution is -2.07. The lowest BCUT2D eigenvalue weighted by atomic mass is 10.0. The van der Waals surface area contributed by atoms with Gasteiger partial charge >= 0.3 is 0 Å². The summed E-state index contributed by atoms with van der Waals surface area (Å²) in [6, 6.07) is 0. The second kappa shape index (κ2) is 7.11. The zero-order chi connectivity index (χ0) is 9.40. The minimum absolute atomic E-state index is 0.236. The van der Waals surface area contributed by atoms with Crippen LogP contribution < -0.4 is 0 Å². The summed E-state index contributed by atoms with van der Waals surface area (Å²) < 4.78 is 0. The molecule has 0 heterocycles. The average molecular weight is 168 g/mol. The van der Waals surface area contributed by atoms with Gasteiger partial charge in [0, 0.05) is 0 Å². The van der Waals surface area contributed by atoms with Crippen LogP contribution in [0.15, 0.2) is 24.3 Å². The Morgan fingerprint density at radius 2 is 2.08 bits per heavy atom. The Labute approximate surface area is 75.8 Å². The van der Waals surface area contributed by atoms with Crippen LogP contribution in [0.3, 0.4) is 0 Å². The molecular formula is C11H20O. The van der Waals surface area contributed by atoms with E-state index in [1.165, 1.54) is 5.57 Å². The lowest BCUT2D eigenvalue weighted by Gasteiger charge is -2.10. The molecule has 0 spiro atoms. The summed E-state index contributed by atoms with van der Waals surface area (Å²) in [5.41, 5.74) is 1.17. The monoisotopic (exact) mass is 168 g/mol. The number of aliphatic hydroxyl groups excluding tert-OH is 1. The molecule has 70 valence electrons. The van der Waals surface area contributed by atoms with Crippen LogP contribution in [0.4, 0.5) is 0 Å². The molecule has 1 atom stereocenters. The lowest BCUT2D eigenvalue weighted by molar-refractivity contribution is 0.203. The van der Waals surface area contributed by atoms with Crippen molar-refractivity contribution in [3.8, 4) is 0 Å². The van der Waals surface area contributed by atoms with Gasteiger partial charge in [0.15, 0.2) is 0 Å². The SMILES string of the molecule is C=CCCC=C(CC)C(O)CC. The van der Waals surface area contributed by atoms with Gasteiger partial charge in [0.2, 0.25) is 0 Å². The molecule has 0 aromatic carbocycles. The summed E-state index contributed by atoms with van der Waals surface area (Å²) in [4.78, 5) is 0. The summed E-state index contributed by atoms with van der Waals surface area (Å²) in [6.07, 6.45) is 7.57. The van der Waals surface area contributed by atoms with Crippen molar-refractivity contribution in [1.82, 2.24) is 0 Å². The zero-order valence-corrected chi connectivity index (χ0v) is 8.21. The number of unbranched alkanes of at least 4 members (excludes halogenated alkanes) is 1. The highest BCUT2D eigenvalue weighted by molar-refractivity contribution is 5.07. The fourth-order valence-electron chi connectivity index (χ4n) is 1.16. The Bertz CT molecular complexity index is 147. The van der Waals surface area contributed by atoms with Gasteiger partial charge < -0.3 is 5.11 Å². The molecule has 0 aliphatic heterocycles. The van der Waals surface area contributed by atoms with E-state index < -0.39 is 0 Å². The van der Waals surface area contributed by atoms with Crippen molar-refractivity contribution in [2.24, 2.45) is 0 Å². The van der Waals surface area contributed by atoms with Crippen molar-refractivity contribution in [2.75, 3.05) is 0 Å². The van der Waals surface area contributed by atoms with Crippen LogP contribution in [0.2, 0.25) is 0 Å². The summed E-state index contributed by atoms with van der Waals surface area (Å²) in [5, 5.41) is 9.52.